The maximum atomic E-state index is 13.9. The summed E-state index contributed by atoms with van der Waals surface area (Å²) in [5, 5.41) is 0. The molecule has 0 spiro atoms. The number of halogens is 4. The Morgan fingerprint density at radius 2 is 1.22 bits per heavy atom. The van der Waals surface area contributed by atoms with Gasteiger partial charge in [0.15, 0.2) is 0 Å². The largest absolute Gasteiger partial charge is 0.441 e. The van der Waals surface area contributed by atoms with Gasteiger partial charge in [-0.1, -0.05) is 12.2 Å². The highest BCUT2D eigenvalue weighted by molar-refractivity contribution is 7.77. The molecule has 1 aliphatic heterocycles. The van der Waals surface area contributed by atoms with Gasteiger partial charge in [0.05, 0.1) is 12.5 Å². The summed E-state index contributed by atoms with van der Waals surface area (Å²) in [5.74, 6) is 0. The first kappa shape index (κ1) is 15.5. The maximum Gasteiger partial charge on any atom is 0.441 e. The Bertz CT molecular complexity index is 519. The molecule has 0 saturated heterocycles. The lowest BCUT2D eigenvalue weighted by Gasteiger charge is -2.18. The van der Waals surface area contributed by atoms with Crippen LogP contribution in [0.15, 0.2) is 38.2 Å². The minimum Gasteiger partial charge on any atom is -0.427 e. The van der Waals surface area contributed by atoms with E-state index in [1.165, 1.54) is 26.0 Å². The van der Waals surface area contributed by atoms with E-state index in [-0.39, 0.29) is 0 Å². The van der Waals surface area contributed by atoms with E-state index in [1.807, 2.05) is 0 Å². The lowest BCUT2D eigenvalue weighted by molar-refractivity contribution is 0.465. The van der Waals surface area contributed by atoms with Gasteiger partial charge in [-0.15, -0.1) is 30.3 Å². The van der Waals surface area contributed by atoms with Crippen molar-refractivity contribution < 1.29 is 25.8 Å². The van der Waals surface area contributed by atoms with E-state index in [0.29, 0.717) is 0 Å². The normalized spacial score (nSPS) is 34.8. The van der Waals surface area contributed by atoms with Crippen molar-refractivity contribution in [3.05, 3.63) is 24.7 Å². The molecule has 2 unspecified atom stereocenters. The molecule has 104 valence electrons. The molecule has 12 heteroatoms. The van der Waals surface area contributed by atoms with Crippen molar-refractivity contribution in [1.82, 2.24) is 0 Å². The Labute approximate surface area is 102 Å². The van der Waals surface area contributed by atoms with Gasteiger partial charge in [0.25, 0.3) is 0 Å². The van der Waals surface area contributed by atoms with E-state index in [2.05, 4.69) is 22.6 Å². The third-order valence-electron chi connectivity index (χ3n) is 1.32. The van der Waals surface area contributed by atoms with Gasteiger partial charge in [0.2, 0.25) is 0 Å². The van der Waals surface area contributed by atoms with Gasteiger partial charge in [-0.05, 0) is 13.8 Å². The zero-order chi connectivity index (χ0) is 13.9. The van der Waals surface area contributed by atoms with Crippen LogP contribution in [0.2, 0.25) is 0 Å². The maximum absolute atomic E-state index is 13.9. The summed E-state index contributed by atoms with van der Waals surface area (Å²) in [5.41, 5.74) is 0. The van der Waals surface area contributed by atoms with Crippen molar-refractivity contribution in [3.8, 4) is 0 Å². The molecule has 1 heterocycles. The Morgan fingerprint density at radius 3 is 1.67 bits per heavy atom. The van der Waals surface area contributed by atoms with Crippen LogP contribution in [0.25, 0.3) is 0 Å². The SMILES string of the molecule is CC=COP1(F)=NP(F)(F)=NP(F)(OC=CC)=N1. The van der Waals surface area contributed by atoms with Crippen LogP contribution in [-0.4, -0.2) is 0 Å². The quantitative estimate of drug-likeness (QED) is 0.323. The van der Waals surface area contributed by atoms with E-state index < -0.39 is 23.3 Å². The first-order chi connectivity index (χ1) is 8.24. The predicted molar refractivity (Wildman–Crippen MR) is 64.3 cm³/mol. The third kappa shape index (κ3) is 4.30. The molecule has 0 N–H and O–H groups in total. The minimum absolute atomic E-state index is 0.784. The van der Waals surface area contributed by atoms with E-state index in [1.54, 1.807) is 0 Å². The van der Waals surface area contributed by atoms with E-state index in [9.17, 15) is 16.8 Å². The molecule has 0 aliphatic carbocycles. The highest BCUT2D eigenvalue weighted by atomic mass is 31.3. The molecule has 0 aromatic carbocycles. The number of nitrogens with zero attached hydrogens (tertiary/aromatic N) is 3. The molecule has 1 aliphatic rings. The van der Waals surface area contributed by atoms with Crippen LogP contribution in [0.4, 0.5) is 16.8 Å². The molecule has 18 heavy (non-hydrogen) atoms. The van der Waals surface area contributed by atoms with Crippen LogP contribution in [0.5, 0.6) is 0 Å². The second-order valence-electron chi connectivity index (χ2n) is 2.82. The zero-order valence-electron chi connectivity index (χ0n) is 9.32. The van der Waals surface area contributed by atoms with Gasteiger partial charge in [-0.25, -0.2) is 0 Å². The van der Waals surface area contributed by atoms with Crippen LogP contribution in [0.3, 0.4) is 0 Å². The fraction of sp³-hybridized carbons (Fsp3) is 0.333. The molecule has 0 aromatic heterocycles. The van der Waals surface area contributed by atoms with Crippen molar-refractivity contribution in [2.75, 3.05) is 0 Å². The Hall–Kier alpha value is -0.510. The van der Waals surface area contributed by atoms with E-state index in [4.69, 9.17) is 0 Å². The summed E-state index contributed by atoms with van der Waals surface area (Å²) in [6, 6.07) is 0. The van der Waals surface area contributed by atoms with E-state index >= 15 is 0 Å². The van der Waals surface area contributed by atoms with Crippen molar-refractivity contribution in [3.63, 3.8) is 0 Å². The number of allylic oxidation sites excluding steroid dienone is 2. The topological polar surface area (TPSA) is 55.5 Å². The highest BCUT2D eigenvalue weighted by Crippen LogP contribution is 2.81. The fourth-order valence-corrected chi connectivity index (χ4v) is 6.65. The molecule has 0 radical (unpaired) electrons. The van der Waals surface area contributed by atoms with Crippen molar-refractivity contribution in [2.45, 2.75) is 13.8 Å². The standard InChI is InChI=1S/C6H10F4N3O2P3/c1-3-5-14-17(9)11-16(7,8)12-18(10,13-17)15-6-4-2/h3-6H,1-2H3. The molecule has 0 bridgehead atoms. The molecule has 0 aromatic rings. The lowest BCUT2D eigenvalue weighted by atomic mass is 10.8. The van der Waals surface area contributed by atoms with Gasteiger partial charge >= 0.3 is 23.3 Å². The summed E-state index contributed by atoms with van der Waals surface area (Å²) >= 11 is 0. The Kier molecular flexibility index (Phi) is 4.87. The van der Waals surface area contributed by atoms with Crippen molar-refractivity contribution in [2.24, 2.45) is 13.5 Å². The zero-order valence-corrected chi connectivity index (χ0v) is 12.0. The van der Waals surface area contributed by atoms with Gasteiger partial charge in [0.1, 0.15) is 0 Å². The highest BCUT2D eigenvalue weighted by Gasteiger charge is 2.41. The van der Waals surface area contributed by atoms with Crippen LogP contribution in [0.1, 0.15) is 13.8 Å². The molecule has 1 rings (SSSR count). The summed E-state index contributed by atoms with van der Waals surface area (Å²) in [6.07, 6.45) is 4.04. The van der Waals surface area contributed by atoms with Crippen LogP contribution < -0.4 is 0 Å². The summed E-state index contributed by atoms with van der Waals surface area (Å²) < 4.78 is 70.5. The lowest BCUT2D eigenvalue weighted by Crippen LogP contribution is -1.81. The average Bonchev–Trinajstić information content (AvgIpc) is 2.20. The fourth-order valence-electron chi connectivity index (χ4n) is 0.816. The monoisotopic (exact) mass is 325 g/mol. The summed E-state index contributed by atoms with van der Waals surface area (Å²) in [7, 11) is -15.0. The van der Waals surface area contributed by atoms with Crippen molar-refractivity contribution in [1.29, 1.82) is 0 Å². The van der Waals surface area contributed by atoms with Crippen LogP contribution in [0, 0.1) is 0 Å². The Balaban J connectivity index is 3.31. The molecule has 0 fully saturated rings. The van der Waals surface area contributed by atoms with Crippen LogP contribution >= 0.6 is 23.3 Å². The van der Waals surface area contributed by atoms with E-state index in [0.717, 1.165) is 12.5 Å². The second-order valence-corrected chi connectivity index (χ2v) is 8.19. The third-order valence-corrected chi connectivity index (χ3v) is 7.35. The minimum atomic E-state index is -5.47. The predicted octanol–water partition coefficient (Wildman–Crippen LogP) is 6.82. The summed E-state index contributed by atoms with van der Waals surface area (Å²) in [6.45, 7) is 2.92. The number of rotatable bonds is 4. The van der Waals surface area contributed by atoms with Gasteiger partial charge in [0, 0.05) is 0 Å². The average molecular weight is 325 g/mol. The molecule has 5 nitrogen and oxygen atoms in total. The number of hydrogen-bond donors (Lipinski definition) is 0. The smallest absolute Gasteiger partial charge is 0.427 e. The summed E-state index contributed by atoms with van der Waals surface area (Å²) in [4.78, 5) is 0. The first-order valence-electron chi connectivity index (χ1n) is 4.53. The van der Waals surface area contributed by atoms with Gasteiger partial charge in [-0.2, -0.15) is 0 Å². The molecular formula is C6H10F4N3O2P3. The van der Waals surface area contributed by atoms with Crippen molar-refractivity contribution >= 4 is 23.3 Å². The second kappa shape index (κ2) is 5.64. The van der Waals surface area contributed by atoms with Crippen LogP contribution in [-0.2, 0) is 9.05 Å². The molecule has 0 saturated carbocycles. The van der Waals surface area contributed by atoms with Gasteiger partial charge < -0.3 is 9.05 Å². The molecule has 2 atom stereocenters. The number of hydrogen-bond acceptors (Lipinski definition) is 5. The first-order valence-corrected chi connectivity index (χ1v) is 9.02. The van der Waals surface area contributed by atoms with Gasteiger partial charge in [-0.3, -0.25) is 0 Å². The Morgan fingerprint density at radius 1 is 0.778 bits per heavy atom. The molecule has 0 amide bonds. The molecular weight excluding hydrogens is 315 g/mol.